The Bertz CT molecular complexity index is 1050. The fourth-order valence-corrected chi connectivity index (χ4v) is 5.05. The molecule has 1 saturated heterocycles. The summed E-state index contributed by atoms with van der Waals surface area (Å²) in [6.45, 7) is 4.96. The Labute approximate surface area is 205 Å². The van der Waals surface area contributed by atoms with Crippen LogP contribution in [0.5, 0.6) is 5.75 Å². The highest BCUT2D eigenvalue weighted by molar-refractivity contribution is 7.99. The standard InChI is InChI=1S/C26H33N5O2S/c1-20(30-17-7-4-8-18-30)25-28-29-26(31(25)22-11-13-23(33-2)14-12-22)34-19-24(32)27-16-15-21-9-5-3-6-10-21/h3,5-6,9-14,20H,4,7-8,15-19H2,1-2H3,(H,27,32)/t20-/m1/s1. The lowest BCUT2D eigenvalue weighted by atomic mass is 10.1. The maximum Gasteiger partial charge on any atom is 0.230 e. The largest absolute Gasteiger partial charge is 0.497 e. The van der Waals surface area contributed by atoms with Crippen molar-refractivity contribution in [3.63, 3.8) is 0 Å². The molecule has 180 valence electrons. The number of carbonyl (C=O) groups is 1. The first kappa shape index (κ1) is 24.3. The number of hydrogen-bond acceptors (Lipinski definition) is 6. The van der Waals surface area contributed by atoms with Crippen LogP contribution >= 0.6 is 11.8 Å². The van der Waals surface area contributed by atoms with Gasteiger partial charge < -0.3 is 10.1 Å². The molecule has 1 atom stereocenters. The maximum atomic E-state index is 12.5. The van der Waals surface area contributed by atoms with Crippen molar-refractivity contribution in [2.24, 2.45) is 0 Å². The number of nitrogens with one attached hydrogen (secondary N) is 1. The Kier molecular flexibility index (Phi) is 8.60. The van der Waals surface area contributed by atoms with E-state index in [1.54, 1.807) is 7.11 Å². The van der Waals surface area contributed by atoms with Crippen molar-refractivity contribution in [2.45, 2.75) is 43.8 Å². The van der Waals surface area contributed by atoms with E-state index in [9.17, 15) is 4.79 Å². The fraction of sp³-hybridized carbons (Fsp3) is 0.423. The molecule has 0 aliphatic carbocycles. The van der Waals surface area contributed by atoms with E-state index in [0.29, 0.717) is 12.3 Å². The zero-order chi connectivity index (χ0) is 23.8. The first-order valence-corrected chi connectivity index (χ1v) is 12.9. The van der Waals surface area contributed by atoms with Gasteiger partial charge in [0.1, 0.15) is 5.75 Å². The average Bonchev–Trinajstić information content (AvgIpc) is 3.32. The van der Waals surface area contributed by atoms with Crippen molar-refractivity contribution in [1.29, 1.82) is 0 Å². The second kappa shape index (κ2) is 12.0. The van der Waals surface area contributed by atoms with Crippen molar-refractivity contribution in [2.75, 3.05) is 32.5 Å². The van der Waals surface area contributed by atoms with Crippen LogP contribution in [0.15, 0.2) is 59.8 Å². The number of aromatic nitrogens is 3. The fourth-order valence-electron chi connectivity index (χ4n) is 4.26. The van der Waals surface area contributed by atoms with Crippen LogP contribution in [0, 0.1) is 0 Å². The zero-order valence-corrected chi connectivity index (χ0v) is 20.8. The summed E-state index contributed by atoms with van der Waals surface area (Å²) in [5.41, 5.74) is 2.18. The van der Waals surface area contributed by atoms with Gasteiger partial charge in [-0.15, -0.1) is 10.2 Å². The minimum Gasteiger partial charge on any atom is -0.497 e. The van der Waals surface area contributed by atoms with E-state index in [1.165, 1.54) is 36.6 Å². The molecule has 1 aliphatic heterocycles. The van der Waals surface area contributed by atoms with E-state index in [4.69, 9.17) is 4.74 Å². The highest BCUT2D eigenvalue weighted by Crippen LogP contribution is 2.30. The second-order valence-corrected chi connectivity index (χ2v) is 9.46. The molecule has 2 aromatic carbocycles. The van der Waals surface area contributed by atoms with Crippen LogP contribution in [0.2, 0.25) is 0 Å². The number of thioether (sulfide) groups is 1. The lowest BCUT2D eigenvalue weighted by Gasteiger charge is -2.31. The molecule has 1 amide bonds. The van der Waals surface area contributed by atoms with Crippen LogP contribution in [-0.4, -0.2) is 58.1 Å². The number of likely N-dealkylation sites (tertiary alicyclic amines) is 1. The number of piperidine rings is 1. The van der Waals surface area contributed by atoms with Crippen LogP contribution in [0.1, 0.15) is 43.6 Å². The summed E-state index contributed by atoms with van der Waals surface area (Å²) in [6, 6.07) is 18.2. The third-order valence-corrected chi connectivity index (χ3v) is 7.14. The summed E-state index contributed by atoms with van der Waals surface area (Å²) >= 11 is 1.42. The molecule has 4 rings (SSSR count). The first-order chi connectivity index (χ1) is 16.7. The van der Waals surface area contributed by atoms with E-state index >= 15 is 0 Å². The summed E-state index contributed by atoms with van der Waals surface area (Å²) in [5.74, 6) is 1.99. The first-order valence-electron chi connectivity index (χ1n) is 11.9. The topological polar surface area (TPSA) is 72.3 Å². The number of carbonyl (C=O) groups excluding carboxylic acids is 1. The van der Waals surface area contributed by atoms with Gasteiger partial charge in [0.15, 0.2) is 11.0 Å². The molecule has 0 bridgehead atoms. The Morgan fingerprint density at radius 1 is 1.06 bits per heavy atom. The number of nitrogens with zero attached hydrogens (tertiary/aromatic N) is 4. The van der Waals surface area contributed by atoms with Crippen molar-refractivity contribution in [3.05, 3.63) is 66.0 Å². The van der Waals surface area contributed by atoms with Gasteiger partial charge in [0, 0.05) is 12.2 Å². The predicted octanol–water partition coefficient (Wildman–Crippen LogP) is 4.27. The van der Waals surface area contributed by atoms with Gasteiger partial charge in [0.2, 0.25) is 5.91 Å². The predicted molar refractivity (Wildman–Crippen MR) is 136 cm³/mol. The van der Waals surface area contributed by atoms with Gasteiger partial charge in [-0.25, -0.2) is 0 Å². The maximum absolute atomic E-state index is 12.5. The Balaban J connectivity index is 1.46. The molecule has 0 spiro atoms. The molecule has 3 aromatic rings. The number of rotatable bonds is 10. The summed E-state index contributed by atoms with van der Waals surface area (Å²) in [5, 5.41) is 12.8. The molecule has 1 aliphatic rings. The molecule has 2 heterocycles. The normalized spacial score (nSPS) is 15.1. The Morgan fingerprint density at radius 2 is 1.79 bits per heavy atom. The molecule has 8 heteroatoms. The van der Waals surface area contributed by atoms with Crippen molar-refractivity contribution < 1.29 is 9.53 Å². The van der Waals surface area contributed by atoms with E-state index in [2.05, 4.69) is 44.0 Å². The molecule has 1 N–H and O–H groups in total. The molecule has 1 fully saturated rings. The molecule has 7 nitrogen and oxygen atoms in total. The number of amides is 1. The zero-order valence-electron chi connectivity index (χ0n) is 19.9. The lowest BCUT2D eigenvalue weighted by molar-refractivity contribution is -0.118. The molecule has 0 radical (unpaired) electrons. The number of hydrogen-bond donors (Lipinski definition) is 1. The van der Waals surface area contributed by atoms with E-state index < -0.39 is 0 Å². The van der Waals surface area contributed by atoms with Gasteiger partial charge in [-0.2, -0.15) is 0 Å². The SMILES string of the molecule is COc1ccc(-n2c(SCC(=O)NCCc3ccccc3)nnc2[C@@H](C)N2CCCCC2)cc1. The van der Waals surface area contributed by atoms with Gasteiger partial charge in [-0.3, -0.25) is 14.3 Å². The average molecular weight is 480 g/mol. The van der Waals surface area contributed by atoms with Gasteiger partial charge in [0.25, 0.3) is 0 Å². The van der Waals surface area contributed by atoms with Gasteiger partial charge >= 0.3 is 0 Å². The third-order valence-electron chi connectivity index (χ3n) is 6.21. The van der Waals surface area contributed by atoms with Gasteiger partial charge in [-0.05, 0) is 69.1 Å². The molecular weight excluding hydrogens is 446 g/mol. The summed E-state index contributed by atoms with van der Waals surface area (Å²) in [6.07, 6.45) is 4.53. The molecule has 34 heavy (non-hydrogen) atoms. The molecule has 0 unspecified atom stereocenters. The molecule has 0 saturated carbocycles. The van der Waals surface area contributed by atoms with Crippen molar-refractivity contribution in [3.8, 4) is 11.4 Å². The van der Waals surface area contributed by atoms with Crippen LogP contribution in [0.25, 0.3) is 5.69 Å². The monoisotopic (exact) mass is 479 g/mol. The van der Waals surface area contributed by atoms with Crippen LogP contribution < -0.4 is 10.1 Å². The third kappa shape index (κ3) is 6.18. The number of ether oxygens (including phenoxy) is 1. The van der Waals surface area contributed by atoms with E-state index in [-0.39, 0.29) is 11.9 Å². The highest BCUT2D eigenvalue weighted by Gasteiger charge is 2.25. The van der Waals surface area contributed by atoms with E-state index in [1.807, 2.05) is 42.5 Å². The quantitative estimate of drug-likeness (QED) is 0.438. The highest BCUT2D eigenvalue weighted by atomic mass is 32.2. The van der Waals surface area contributed by atoms with Gasteiger partial charge in [-0.1, -0.05) is 48.5 Å². The van der Waals surface area contributed by atoms with E-state index in [0.717, 1.165) is 41.9 Å². The minimum atomic E-state index is -0.00385. The number of benzene rings is 2. The minimum absolute atomic E-state index is 0.00385. The molecular formula is C26H33N5O2S. The Morgan fingerprint density at radius 3 is 2.50 bits per heavy atom. The smallest absolute Gasteiger partial charge is 0.230 e. The molecule has 1 aromatic heterocycles. The van der Waals surface area contributed by atoms with Crippen LogP contribution in [0.4, 0.5) is 0 Å². The second-order valence-electron chi connectivity index (χ2n) is 8.52. The van der Waals surface area contributed by atoms with Crippen LogP contribution in [-0.2, 0) is 11.2 Å². The van der Waals surface area contributed by atoms with Crippen LogP contribution in [0.3, 0.4) is 0 Å². The summed E-state index contributed by atoms with van der Waals surface area (Å²) < 4.78 is 7.42. The Hall–Kier alpha value is -2.84. The summed E-state index contributed by atoms with van der Waals surface area (Å²) in [4.78, 5) is 15.0. The van der Waals surface area contributed by atoms with Crippen molar-refractivity contribution >= 4 is 17.7 Å². The van der Waals surface area contributed by atoms with Crippen molar-refractivity contribution in [1.82, 2.24) is 25.0 Å². The lowest BCUT2D eigenvalue weighted by Crippen LogP contribution is -2.33. The number of methoxy groups -OCH3 is 1. The van der Waals surface area contributed by atoms with Gasteiger partial charge in [0.05, 0.1) is 18.9 Å². The summed E-state index contributed by atoms with van der Waals surface area (Å²) in [7, 11) is 1.66.